The molecule has 0 amide bonds. The molecule has 0 rings (SSSR count). The lowest BCUT2D eigenvalue weighted by Crippen LogP contribution is -2.32. The number of carboxylic acid groups (broad SMARTS) is 2. The highest BCUT2D eigenvalue weighted by molar-refractivity contribution is 8.02. The summed E-state index contributed by atoms with van der Waals surface area (Å²) in [7, 11) is 0. The van der Waals surface area contributed by atoms with E-state index in [4.69, 9.17) is 25.9 Å². The SMILES string of the molecule is C/C=C/SC[C@H](N)C(=O)O.C/C=C/SC[C@H](N)C(=O)O.O=S. The van der Waals surface area contributed by atoms with E-state index in [1.807, 2.05) is 36.8 Å². The number of carbonyl (C=O) groups is 2. The highest BCUT2D eigenvalue weighted by Gasteiger charge is 2.09. The fourth-order valence-corrected chi connectivity index (χ4v) is 1.96. The van der Waals surface area contributed by atoms with Gasteiger partial charge in [-0.25, -0.2) is 0 Å². The summed E-state index contributed by atoms with van der Waals surface area (Å²) in [5.41, 5.74) is 10.4. The summed E-state index contributed by atoms with van der Waals surface area (Å²) in [6.07, 6.45) is 3.69. The van der Waals surface area contributed by atoms with Crippen LogP contribution < -0.4 is 11.5 Å². The number of allylic oxidation sites excluding steroid dienone is 2. The van der Waals surface area contributed by atoms with Crippen LogP contribution >= 0.6 is 23.5 Å². The van der Waals surface area contributed by atoms with Crippen molar-refractivity contribution in [1.82, 2.24) is 0 Å². The Morgan fingerprint density at radius 3 is 1.41 bits per heavy atom. The number of carboxylic acids is 2. The zero-order valence-electron chi connectivity index (χ0n) is 12.4. The molecule has 7 nitrogen and oxygen atoms in total. The third kappa shape index (κ3) is 21.4. The molecule has 0 saturated carbocycles. The van der Waals surface area contributed by atoms with Gasteiger partial charge >= 0.3 is 11.9 Å². The fraction of sp³-hybridized carbons (Fsp3) is 0.500. The Hall–Kier alpha value is -0.940. The summed E-state index contributed by atoms with van der Waals surface area (Å²) in [5.74, 6) is -1.03. The van der Waals surface area contributed by atoms with Crippen molar-refractivity contribution in [1.29, 1.82) is 0 Å². The maximum Gasteiger partial charge on any atom is 0.321 e. The van der Waals surface area contributed by atoms with Gasteiger partial charge in [-0.2, -0.15) is 4.21 Å². The first-order valence-electron chi connectivity index (χ1n) is 5.95. The smallest absolute Gasteiger partial charge is 0.321 e. The van der Waals surface area contributed by atoms with Crippen LogP contribution in [0.25, 0.3) is 0 Å². The summed E-state index contributed by atoms with van der Waals surface area (Å²) >= 11 is 5.64. The second-order valence-electron chi connectivity index (χ2n) is 3.49. The third-order valence-corrected chi connectivity index (χ3v) is 3.68. The molecule has 6 N–H and O–H groups in total. The molecule has 0 spiro atoms. The molecule has 0 bridgehead atoms. The number of rotatable bonds is 8. The number of hydrogen-bond acceptors (Lipinski definition) is 8. The van der Waals surface area contributed by atoms with Crippen molar-refractivity contribution in [3.63, 3.8) is 0 Å². The van der Waals surface area contributed by atoms with E-state index in [0.29, 0.717) is 11.5 Å². The van der Waals surface area contributed by atoms with Crippen LogP contribution in [0, 0.1) is 0 Å². The molecule has 10 heteroatoms. The molecule has 0 saturated heterocycles. The molecule has 22 heavy (non-hydrogen) atoms. The number of nitrogens with two attached hydrogens (primary N) is 2. The van der Waals surface area contributed by atoms with Gasteiger partial charge in [0.05, 0.1) is 0 Å². The molecule has 128 valence electrons. The number of aliphatic carboxylic acids is 2. The number of hydrogen-bond donors (Lipinski definition) is 4. The predicted molar refractivity (Wildman–Crippen MR) is 93.9 cm³/mol. The van der Waals surface area contributed by atoms with Gasteiger partial charge in [-0.1, -0.05) is 12.2 Å². The van der Waals surface area contributed by atoms with E-state index in [1.54, 1.807) is 0 Å². The van der Waals surface area contributed by atoms with Gasteiger partial charge in [-0.05, 0) is 24.7 Å². The van der Waals surface area contributed by atoms with E-state index < -0.39 is 24.0 Å². The van der Waals surface area contributed by atoms with Gasteiger partial charge in [0.15, 0.2) is 12.5 Å². The van der Waals surface area contributed by atoms with E-state index in [1.165, 1.54) is 23.5 Å². The molecule has 0 aromatic carbocycles. The monoisotopic (exact) mass is 370 g/mol. The first-order valence-corrected chi connectivity index (χ1v) is 8.38. The third-order valence-electron chi connectivity index (χ3n) is 1.65. The Bertz CT molecular complexity index is 322. The van der Waals surface area contributed by atoms with Crippen molar-refractivity contribution in [3.05, 3.63) is 23.0 Å². The lowest BCUT2D eigenvalue weighted by atomic mass is 10.4. The minimum atomic E-state index is -0.947. The van der Waals surface area contributed by atoms with Gasteiger partial charge in [0, 0.05) is 11.5 Å². The molecule has 0 heterocycles. The van der Waals surface area contributed by atoms with Gasteiger partial charge in [0.1, 0.15) is 12.1 Å². The van der Waals surface area contributed by atoms with E-state index in [-0.39, 0.29) is 0 Å². The molecule has 0 aliphatic heterocycles. The summed E-state index contributed by atoms with van der Waals surface area (Å²) in [6, 6.07) is -1.50. The second kappa shape index (κ2) is 20.1. The minimum absolute atomic E-state index is 0.430. The highest BCUT2D eigenvalue weighted by atomic mass is 32.2. The first-order chi connectivity index (χ1) is 10.4. The quantitative estimate of drug-likeness (QED) is 0.488. The lowest BCUT2D eigenvalue weighted by molar-refractivity contribution is -0.138. The molecule has 0 aliphatic rings. The Kier molecular flexibility index (Phi) is 23.7. The Labute approximate surface area is 144 Å². The van der Waals surface area contributed by atoms with E-state index in [2.05, 4.69) is 12.5 Å². The minimum Gasteiger partial charge on any atom is -0.480 e. The van der Waals surface area contributed by atoms with Crippen LogP contribution in [0.15, 0.2) is 23.0 Å². The first kappa shape index (κ1) is 26.0. The fourth-order valence-electron chi connectivity index (χ4n) is 0.653. The molecular formula is C12H22N2O5S3. The summed E-state index contributed by atoms with van der Waals surface area (Å²) in [4.78, 5) is 20.3. The average molecular weight is 371 g/mol. The van der Waals surface area contributed by atoms with Crippen molar-refractivity contribution in [2.24, 2.45) is 11.5 Å². The Morgan fingerprint density at radius 1 is 0.955 bits per heavy atom. The zero-order chi connectivity index (χ0) is 18.0. The summed E-state index contributed by atoms with van der Waals surface area (Å²) in [6.45, 7) is 3.75. The Balaban J connectivity index is -0.000000294. The van der Waals surface area contributed by atoms with E-state index in [9.17, 15) is 9.59 Å². The van der Waals surface area contributed by atoms with Gasteiger partial charge in [-0.3, -0.25) is 9.59 Å². The summed E-state index contributed by atoms with van der Waals surface area (Å²) < 4.78 is 7.83. The largest absolute Gasteiger partial charge is 0.480 e. The van der Waals surface area contributed by atoms with Crippen molar-refractivity contribution < 1.29 is 24.0 Å². The van der Waals surface area contributed by atoms with Gasteiger partial charge in [0.2, 0.25) is 0 Å². The highest BCUT2D eigenvalue weighted by Crippen LogP contribution is 2.03. The van der Waals surface area contributed by atoms with E-state index in [0.717, 1.165) is 0 Å². The predicted octanol–water partition coefficient (Wildman–Crippen LogP) is 0.994. The molecule has 0 radical (unpaired) electrons. The molecule has 0 aliphatic carbocycles. The maximum absolute atomic E-state index is 10.1. The standard InChI is InChI=1S/2C6H11NO2S.OS/c2*1-2-3-10-4-5(7)6(8)9;1-2/h2*2-3,5H,4,7H2,1H3,(H,8,9);/b2*3-2+;/t2*5-;/m00./s1. The van der Waals surface area contributed by atoms with Crippen LogP contribution in [0.3, 0.4) is 0 Å². The molecule has 0 aromatic heterocycles. The molecular weight excluding hydrogens is 348 g/mol. The molecule has 0 fully saturated rings. The van der Waals surface area contributed by atoms with Crippen LogP contribution in [0.1, 0.15) is 13.8 Å². The van der Waals surface area contributed by atoms with Crippen LogP contribution in [-0.4, -0.2) is 49.9 Å². The average Bonchev–Trinajstić information content (AvgIpc) is 2.50. The van der Waals surface area contributed by atoms with Crippen LogP contribution in [0.4, 0.5) is 0 Å². The van der Waals surface area contributed by atoms with Crippen LogP contribution in [-0.2, 0) is 22.1 Å². The van der Waals surface area contributed by atoms with Gasteiger partial charge in [0.25, 0.3) is 0 Å². The second-order valence-corrected chi connectivity index (χ2v) is 5.37. The molecule has 0 aromatic rings. The molecule has 2 atom stereocenters. The topological polar surface area (TPSA) is 144 Å². The Morgan fingerprint density at radius 2 is 1.23 bits per heavy atom. The van der Waals surface area contributed by atoms with Crippen molar-refractivity contribution in [3.8, 4) is 0 Å². The summed E-state index contributed by atoms with van der Waals surface area (Å²) in [5, 5.41) is 20.3. The van der Waals surface area contributed by atoms with E-state index >= 15 is 0 Å². The molecule has 0 unspecified atom stereocenters. The van der Waals surface area contributed by atoms with Crippen LogP contribution in [0.5, 0.6) is 0 Å². The van der Waals surface area contributed by atoms with Gasteiger partial charge in [-0.15, -0.1) is 23.5 Å². The maximum atomic E-state index is 10.1. The van der Waals surface area contributed by atoms with Crippen molar-refractivity contribution in [2.45, 2.75) is 25.9 Å². The lowest BCUT2D eigenvalue weighted by Gasteiger charge is -2.01. The zero-order valence-corrected chi connectivity index (χ0v) is 14.8. The van der Waals surface area contributed by atoms with Crippen LogP contribution in [0.2, 0.25) is 0 Å². The van der Waals surface area contributed by atoms with Crippen molar-refractivity contribution in [2.75, 3.05) is 11.5 Å². The van der Waals surface area contributed by atoms with Gasteiger partial charge < -0.3 is 21.7 Å². The normalized spacial score (nSPS) is 12.7. The van der Waals surface area contributed by atoms with Crippen molar-refractivity contribution >= 4 is 48.0 Å². The number of thioether (sulfide) groups is 2.